The van der Waals surface area contributed by atoms with Gasteiger partial charge in [0, 0.05) is 15.3 Å². The fraction of sp³-hybridized carbons (Fsp3) is 0.211. The third-order valence-electron chi connectivity index (χ3n) is 4.26. The quantitative estimate of drug-likeness (QED) is 0.788. The number of ether oxygens (including phenoxy) is 1. The van der Waals surface area contributed by atoms with Crippen LogP contribution in [0.25, 0.3) is 5.70 Å². The van der Waals surface area contributed by atoms with Crippen LogP contribution < -0.4 is 20.6 Å². The molecule has 0 saturated heterocycles. The Morgan fingerprint density at radius 1 is 1.30 bits per heavy atom. The summed E-state index contributed by atoms with van der Waals surface area (Å²) in [7, 11) is 0. The van der Waals surface area contributed by atoms with Gasteiger partial charge in [-0.2, -0.15) is 0 Å². The Bertz CT molecular complexity index is 1070. The molecule has 0 saturated carbocycles. The van der Waals surface area contributed by atoms with Crippen molar-refractivity contribution in [1.82, 2.24) is 10.3 Å². The zero-order chi connectivity index (χ0) is 19.0. The lowest BCUT2D eigenvalue weighted by Gasteiger charge is -2.34. The smallest absolute Gasteiger partial charge is 0.276 e. The van der Waals surface area contributed by atoms with Crippen LogP contribution in [0.5, 0.6) is 5.75 Å². The fourth-order valence-electron chi connectivity index (χ4n) is 3.13. The number of hydrogen-bond donors (Lipinski definition) is 1. The van der Waals surface area contributed by atoms with Gasteiger partial charge in [-0.15, -0.1) is 5.10 Å². The van der Waals surface area contributed by atoms with Crippen LogP contribution in [0.2, 0.25) is 0 Å². The van der Waals surface area contributed by atoms with Crippen molar-refractivity contribution in [2.24, 2.45) is 10.1 Å². The number of amides is 1. The molecule has 0 spiro atoms. The maximum Gasteiger partial charge on any atom is 0.276 e. The summed E-state index contributed by atoms with van der Waals surface area (Å²) < 4.78 is 6.68. The van der Waals surface area contributed by atoms with Crippen molar-refractivity contribution >= 4 is 44.5 Å². The van der Waals surface area contributed by atoms with E-state index >= 15 is 0 Å². The fourth-order valence-corrected chi connectivity index (χ4v) is 3.85. The second kappa shape index (κ2) is 7.36. The second-order valence-corrected chi connectivity index (χ2v) is 7.60. The molecule has 1 unspecified atom stereocenters. The first-order valence-electron chi connectivity index (χ1n) is 8.45. The number of fused-ring (bicyclic) bond motifs is 2. The summed E-state index contributed by atoms with van der Waals surface area (Å²) in [4.78, 5) is 17.8. The van der Waals surface area contributed by atoms with Crippen LogP contribution in [0.15, 0.2) is 57.0 Å². The molecule has 1 amide bonds. The van der Waals surface area contributed by atoms with Crippen molar-refractivity contribution in [3.63, 3.8) is 0 Å². The predicted molar refractivity (Wildman–Crippen MR) is 110 cm³/mol. The van der Waals surface area contributed by atoms with Crippen molar-refractivity contribution in [2.45, 2.75) is 13.1 Å². The number of benzene rings is 2. The van der Waals surface area contributed by atoms with E-state index in [-0.39, 0.29) is 5.91 Å². The van der Waals surface area contributed by atoms with E-state index < -0.39 is 6.17 Å². The number of carbonyl (C=O) groups excluding carboxylic acids is 1. The van der Waals surface area contributed by atoms with E-state index in [9.17, 15) is 4.79 Å². The molecular formula is C19H17BrN4O2S. The minimum atomic E-state index is -0.482. The number of thioether (sulfide) groups is 1. The summed E-state index contributed by atoms with van der Waals surface area (Å²) in [6.07, 6.45) is 1.39. The zero-order valence-electron chi connectivity index (χ0n) is 14.8. The number of nitrogens with one attached hydrogen (secondary N) is 1. The highest BCUT2D eigenvalue weighted by Crippen LogP contribution is 2.35. The van der Waals surface area contributed by atoms with E-state index in [4.69, 9.17) is 9.73 Å². The van der Waals surface area contributed by atoms with Crippen molar-refractivity contribution in [2.75, 3.05) is 12.9 Å². The molecule has 2 aliphatic heterocycles. The summed E-state index contributed by atoms with van der Waals surface area (Å²) >= 11 is 4.86. The van der Waals surface area contributed by atoms with Crippen LogP contribution in [-0.4, -0.2) is 28.9 Å². The Morgan fingerprint density at radius 2 is 2.11 bits per heavy atom. The van der Waals surface area contributed by atoms with Gasteiger partial charge in [-0.05, 0) is 37.4 Å². The zero-order valence-corrected chi connectivity index (χ0v) is 17.2. The van der Waals surface area contributed by atoms with Gasteiger partial charge in [0.1, 0.15) is 11.4 Å². The molecule has 0 aliphatic carbocycles. The van der Waals surface area contributed by atoms with Crippen LogP contribution in [-0.2, 0) is 4.79 Å². The number of nitrogens with zero attached hydrogens (tertiary/aromatic N) is 3. The standard InChI is InChI=1S/C19H17BrN4O2S/c1-3-26-15-7-5-4-6-12(15)17-21-14-9-8-11(20)10-13(14)16-18(25)22-19(27-2)23-24(16)17/h4-10,17H,3H2,1-2H3,(H,22,23,25). The topological polar surface area (TPSA) is 66.3 Å². The molecule has 6 nitrogen and oxygen atoms in total. The highest BCUT2D eigenvalue weighted by Gasteiger charge is 2.35. The van der Waals surface area contributed by atoms with E-state index in [1.807, 2.05) is 55.6 Å². The Balaban J connectivity index is 1.99. The number of carbonyl (C=O) groups is 1. The van der Waals surface area contributed by atoms with Crippen molar-refractivity contribution in [3.8, 4) is 5.75 Å². The molecule has 2 heterocycles. The summed E-state index contributed by atoms with van der Waals surface area (Å²) in [5, 5.41) is 11.2. The van der Waals surface area contributed by atoms with E-state index in [1.54, 1.807) is 5.01 Å². The van der Waals surface area contributed by atoms with Crippen LogP contribution in [0, 0.1) is 0 Å². The average Bonchev–Trinajstić information content (AvgIpc) is 2.67. The molecule has 2 aromatic carbocycles. The first-order valence-corrected chi connectivity index (χ1v) is 10.5. The summed E-state index contributed by atoms with van der Waals surface area (Å²) in [6, 6.07) is 13.4. The molecule has 2 aromatic rings. The largest absolute Gasteiger partial charge is 0.493 e. The lowest BCUT2D eigenvalue weighted by atomic mass is 10.1. The number of hydrogen-bond acceptors (Lipinski definition) is 6. The lowest BCUT2D eigenvalue weighted by molar-refractivity contribution is -0.116. The molecule has 0 aromatic heterocycles. The van der Waals surface area contributed by atoms with Gasteiger partial charge in [-0.1, -0.05) is 45.9 Å². The Hall–Kier alpha value is -2.32. The maximum absolute atomic E-state index is 12.9. The summed E-state index contributed by atoms with van der Waals surface area (Å²) in [5.41, 5.74) is 1.35. The molecule has 27 heavy (non-hydrogen) atoms. The van der Waals surface area contributed by atoms with Gasteiger partial charge < -0.3 is 4.74 Å². The molecule has 8 heteroatoms. The average molecular weight is 445 g/mol. The Kier molecular flexibility index (Phi) is 4.92. The van der Waals surface area contributed by atoms with Crippen LogP contribution in [0.4, 0.5) is 0 Å². The Morgan fingerprint density at radius 3 is 2.89 bits per heavy atom. The molecule has 2 aliphatic rings. The molecular weight excluding hydrogens is 428 g/mol. The van der Waals surface area contributed by atoms with Gasteiger partial charge in [0.2, 0.25) is 0 Å². The van der Waals surface area contributed by atoms with E-state index in [1.165, 1.54) is 11.8 Å². The van der Waals surface area contributed by atoms with Crippen LogP contribution in [0.3, 0.4) is 0 Å². The van der Waals surface area contributed by atoms with Gasteiger partial charge in [-0.3, -0.25) is 15.1 Å². The van der Waals surface area contributed by atoms with Gasteiger partial charge in [0.25, 0.3) is 5.91 Å². The Labute approximate surface area is 169 Å². The highest BCUT2D eigenvalue weighted by atomic mass is 79.9. The number of hydrazone groups is 1. The summed E-state index contributed by atoms with van der Waals surface area (Å²) in [6.45, 7) is 2.49. The van der Waals surface area contributed by atoms with Crippen molar-refractivity contribution < 1.29 is 9.53 Å². The monoisotopic (exact) mass is 444 g/mol. The molecule has 0 radical (unpaired) electrons. The minimum absolute atomic E-state index is 0.192. The molecule has 0 fully saturated rings. The maximum atomic E-state index is 12.9. The number of para-hydroxylation sites is 1. The SMILES string of the molecule is CCOc1ccccc1C1N=c2ccc(Br)cc2=C2C(=O)NC(SC)=NN21. The van der Waals surface area contributed by atoms with Gasteiger partial charge in [0.15, 0.2) is 11.3 Å². The van der Waals surface area contributed by atoms with Crippen LogP contribution in [0.1, 0.15) is 18.7 Å². The first kappa shape index (κ1) is 18.1. The normalized spacial score (nSPS) is 18.1. The van der Waals surface area contributed by atoms with E-state index in [0.717, 1.165) is 26.4 Å². The molecule has 4 rings (SSSR count). The molecule has 1 atom stereocenters. The van der Waals surface area contributed by atoms with E-state index in [0.29, 0.717) is 17.5 Å². The number of halogens is 1. The first-order chi connectivity index (χ1) is 13.1. The molecule has 138 valence electrons. The second-order valence-electron chi connectivity index (χ2n) is 5.89. The van der Waals surface area contributed by atoms with Gasteiger partial charge in [0.05, 0.1) is 12.0 Å². The number of rotatable bonds is 3. The number of amidine groups is 1. The van der Waals surface area contributed by atoms with Crippen LogP contribution >= 0.6 is 27.7 Å². The predicted octanol–water partition coefficient (Wildman–Crippen LogP) is 2.35. The van der Waals surface area contributed by atoms with Crippen molar-refractivity contribution in [3.05, 3.63) is 63.1 Å². The summed E-state index contributed by atoms with van der Waals surface area (Å²) in [5.74, 6) is 0.544. The van der Waals surface area contributed by atoms with Gasteiger partial charge in [-0.25, -0.2) is 5.01 Å². The highest BCUT2D eigenvalue weighted by molar-refractivity contribution is 9.10. The molecule has 0 bridgehead atoms. The third kappa shape index (κ3) is 3.23. The molecule has 1 N–H and O–H groups in total. The van der Waals surface area contributed by atoms with Crippen molar-refractivity contribution in [1.29, 1.82) is 0 Å². The third-order valence-corrected chi connectivity index (χ3v) is 5.32. The van der Waals surface area contributed by atoms with E-state index in [2.05, 4.69) is 26.3 Å². The minimum Gasteiger partial charge on any atom is -0.493 e. The van der Waals surface area contributed by atoms with Gasteiger partial charge >= 0.3 is 0 Å². The lowest BCUT2D eigenvalue weighted by Crippen LogP contribution is -2.50.